The fraction of sp³-hybridized carbons (Fsp3) is 0.227. The topological polar surface area (TPSA) is 63.6 Å². The molecule has 1 aliphatic rings. The molecule has 0 saturated heterocycles. The zero-order chi connectivity index (χ0) is 21.6. The number of hydrogen-bond donors (Lipinski definition) is 1. The van der Waals surface area contributed by atoms with E-state index >= 15 is 0 Å². The summed E-state index contributed by atoms with van der Waals surface area (Å²) in [4.78, 5) is 11.8. The highest BCUT2D eigenvalue weighted by Crippen LogP contribution is 2.42. The highest BCUT2D eigenvalue weighted by atomic mass is 32.1. The number of allylic oxidation sites excluding steroid dienone is 5. The van der Waals surface area contributed by atoms with Crippen molar-refractivity contribution >= 4 is 25.3 Å². The van der Waals surface area contributed by atoms with Crippen LogP contribution in [-0.2, 0) is 9.09 Å². The molecule has 0 aliphatic heterocycles. The van der Waals surface area contributed by atoms with Crippen LogP contribution in [0.2, 0.25) is 0 Å². The molecule has 0 amide bonds. The maximum Gasteiger partial charge on any atom is 0.345 e. The standard InChI is InChI=1S/C11H7FO2S.C11H17O2P/c12-8-3-1-7(2-4-8)9-5-6-10(15-9)11(13)14;1-5-13-14(12)11-7-6-8(2)9(3)10(11)4/h1-6H,(H,13,14);6-8,14H,3,5H2,1-2,4H3. The number of aromatic carboxylic acids is 1. The van der Waals surface area contributed by atoms with Gasteiger partial charge in [-0.25, -0.2) is 9.18 Å². The first-order chi connectivity index (χ1) is 13.7. The van der Waals surface area contributed by atoms with Gasteiger partial charge in [0.25, 0.3) is 0 Å². The Morgan fingerprint density at radius 1 is 1.28 bits per heavy atom. The van der Waals surface area contributed by atoms with Gasteiger partial charge >= 0.3 is 5.97 Å². The van der Waals surface area contributed by atoms with Gasteiger partial charge in [0.2, 0.25) is 8.03 Å². The molecule has 2 atom stereocenters. The molecular weight excluding hydrogens is 410 g/mol. The van der Waals surface area contributed by atoms with E-state index in [4.69, 9.17) is 9.63 Å². The minimum absolute atomic E-state index is 0.286. The van der Waals surface area contributed by atoms with E-state index in [1.807, 2.05) is 26.0 Å². The number of benzene rings is 1. The number of rotatable bonds is 5. The summed E-state index contributed by atoms with van der Waals surface area (Å²) in [6.07, 6.45) is 3.93. The summed E-state index contributed by atoms with van der Waals surface area (Å²) in [5, 5.41) is 9.56. The van der Waals surface area contributed by atoms with Crippen LogP contribution >= 0.6 is 19.4 Å². The van der Waals surface area contributed by atoms with E-state index in [9.17, 15) is 13.8 Å². The number of hydrogen-bond acceptors (Lipinski definition) is 4. The van der Waals surface area contributed by atoms with Crippen molar-refractivity contribution in [2.24, 2.45) is 5.92 Å². The maximum absolute atomic E-state index is 12.6. The molecule has 2 aromatic rings. The summed E-state index contributed by atoms with van der Waals surface area (Å²) < 4.78 is 29.4. The second-order valence-electron chi connectivity index (χ2n) is 6.41. The van der Waals surface area contributed by atoms with Crippen LogP contribution in [0.25, 0.3) is 10.4 Å². The lowest BCUT2D eigenvalue weighted by molar-refractivity contribution is 0.0702. The van der Waals surface area contributed by atoms with E-state index in [2.05, 4.69) is 13.5 Å². The number of carboxylic acid groups (broad SMARTS) is 1. The highest BCUT2D eigenvalue weighted by Gasteiger charge is 2.17. The minimum Gasteiger partial charge on any atom is -0.477 e. The molecule has 0 fully saturated rings. The number of carboxylic acids is 1. The number of halogens is 1. The Morgan fingerprint density at radius 3 is 2.48 bits per heavy atom. The first kappa shape index (κ1) is 23.0. The van der Waals surface area contributed by atoms with E-state index in [0.717, 1.165) is 26.9 Å². The molecule has 1 N–H and O–H groups in total. The van der Waals surface area contributed by atoms with Gasteiger partial charge < -0.3 is 9.63 Å². The first-order valence-electron chi connectivity index (χ1n) is 9.09. The molecule has 1 heterocycles. The second-order valence-corrected chi connectivity index (χ2v) is 8.89. The lowest BCUT2D eigenvalue weighted by Crippen LogP contribution is -2.02. The smallest absolute Gasteiger partial charge is 0.345 e. The molecule has 0 radical (unpaired) electrons. The molecule has 29 heavy (non-hydrogen) atoms. The van der Waals surface area contributed by atoms with Crippen molar-refractivity contribution in [1.29, 1.82) is 0 Å². The van der Waals surface area contributed by atoms with Gasteiger partial charge in [-0.05, 0) is 60.7 Å². The third-order valence-electron chi connectivity index (χ3n) is 4.43. The van der Waals surface area contributed by atoms with E-state index in [0.29, 0.717) is 12.5 Å². The number of carbonyl (C=O) groups is 1. The molecule has 0 bridgehead atoms. The second kappa shape index (κ2) is 10.5. The SMILES string of the molecule is C=C1C(C)=C([PH](=O)OCC)C=CC1C.O=C(O)c1ccc(-c2ccc(F)cc2)s1. The van der Waals surface area contributed by atoms with E-state index in [1.165, 1.54) is 23.5 Å². The maximum atomic E-state index is 12.6. The van der Waals surface area contributed by atoms with Crippen LogP contribution in [0, 0.1) is 11.7 Å². The highest BCUT2D eigenvalue weighted by molar-refractivity contribution is 7.44. The van der Waals surface area contributed by atoms with Gasteiger partial charge in [0.05, 0.1) is 6.61 Å². The van der Waals surface area contributed by atoms with Gasteiger partial charge in [-0.3, -0.25) is 4.57 Å². The van der Waals surface area contributed by atoms with Gasteiger partial charge in [0, 0.05) is 10.2 Å². The molecule has 154 valence electrons. The van der Waals surface area contributed by atoms with Gasteiger partial charge in [-0.2, -0.15) is 0 Å². The summed E-state index contributed by atoms with van der Waals surface area (Å²) in [5.74, 6) is -0.891. The van der Waals surface area contributed by atoms with Crippen LogP contribution in [-0.4, -0.2) is 17.7 Å². The third-order valence-corrected chi connectivity index (χ3v) is 7.08. The zero-order valence-electron chi connectivity index (χ0n) is 16.6. The molecule has 1 aromatic carbocycles. The molecule has 0 saturated carbocycles. The summed E-state index contributed by atoms with van der Waals surface area (Å²) in [5.41, 5.74) is 2.90. The Hall–Kier alpha value is -2.27. The monoisotopic (exact) mass is 434 g/mol. The summed E-state index contributed by atoms with van der Waals surface area (Å²) in [6, 6.07) is 9.25. The van der Waals surface area contributed by atoms with Crippen LogP contribution in [0.4, 0.5) is 4.39 Å². The molecule has 0 spiro atoms. The van der Waals surface area contributed by atoms with Crippen molar-refractivity contribution in [3.05, 3.63) is 82.3 Å². The molecule has 1 aromatic heterocycles. The number of thiophene rings is 1. The van der Waals surface area contributed by atoms with Crippen molar-refractivity contribution in [3.63, 3.8) is 0 Å². The van der Waals surface area contributed by atoms with E-state index in [-0.39, 0.29) is 10.7 Å². The molecule has 2 unspecified atom stereocenters. The molecular formula is C22H24FO4PS. The predicted molar refractivity (Wildman–Crippen MR) is 117 cm³/mol. The Kier molecular flexibility index (Phi) is 8.32. The fourth-order valence-electron chi connectivity index (χ4n) is 2.65. The van der Waals surface area contributed by atoms with Gasteiger partial charge in [-0.15, -0.1) is 11.3 Å². The van der Waals surface area contributed by atoms with Crippen LogP contribution in [0.5, 0.6) is 0 Å². The van der Waals surface area contributed by atoms with Gasteiger partial charge in [0.15, 0.2) is 0 Å². The predicted octanol–water partition coefficient (Wildman–Crippen LogP) is 6.79. The van der Waals surface area contributed by atoms with Crippen molar-refractivity contribution < 1.29 is 23.4 Å². The minimum atomic E-state index is -2.06. The van der Waals surface area contributed by atoms with Crippen molar-refractivity contribution in [1.82, 2.24) is 0 Å². The Balaban J connectivity index is 0.000000208. The van der Waals surface area contributed by atoms with Crippen molar-refractivity contribution in [2.75, 3.05) is 6.61 Å². The van der Waals surface area contributed by atoms with E-state index in [1.54, 1.807) is 24.3 Å². The summed E-state index contributed by atoms with van der Waals surface area (Å²) in [6.45, 7) is 10.4. The normalized spacial score (nSPS) is 17.0. The Morgan fingerprint density at radius 2 is 1.93 bits per heavy atom. The lowest BCUT2D eigenvalue weighted by Gasteiger charge is -2.19. The quantitative estimate of drug-likeness (QED) is 0.527. The van der Waals surface area contributed by atoms with Crippen LogP contribution < -0.4 is 0 Å². The average molecular weight is 434 g/mol. The van der Waals surface area contributed by atoms with Crippen LogP contribution in [0.3, 0.4) is 0 Å². The first-order valence-corrected chi connectivity index (χ1v) is 11.2. The lowest BCUT2D eigenvalue weighted by atomic mass is 9.92. The largest absolute Gasteiger partial charge is 0.477 e. The Bertz CT molecular complexity index is 973. The van der Waals surface area contributed by atoms with Crippen molar-refractivity contribution in [2.45, 2.75) is 20.8 Å². The van der Waals surface area contributed by atoms with Gasteiger partial charge in [-0.1, -0.05) is 37.8 Å². The third kappa shape index (κ3) is 6.10. The molecule has 4 nitrogen and oxygen atoms in total. The fourth-order valence-corrected chi connectivity index (χ4v) is 4.62. The summed E-state index contributed by atoms with van der Waals surface area (Å²) in [7, 11) is -2.06. The van der Waals surface area contributed by atoms with Crippen molar-refractivity contribution in [3.8, 4) is 10.4 Å². The van der Waals surface area contributed by atoms with Crippen LogP contribution in [0.15, 0.2) is 71.6 Å². The van der Waals surface area contributed by atoms with Gasteiger partial charge in [0.1, 0.15) is 10.7 Å². The molecule has 3 rings (SSSR count). The molecule has 1 aliphatic carbocycles. The molecule has 7 heteroatoms. The average Bonchev–Trinajstić information content (AvgIpc) is 3.18. The zero-order valence-corrected chi connectivity index (χ0v) is 18.4. The van der Waals surface area contributed by atoms with Crippen LogP contribution in [0.1, 0.15) is 30.4 Å². The van der Waals surface area contributed by atoms with E-state index < -0.39 is 14.0 Å². The summed E-state index contributed by atoms with van der Waals surface area (Å²) >= 11 is 1.18. The Labute approximate surface area is 174 Å².